The van der Waals surface area contributed by atoms with Crippen LogP contribution in [0.1, 0.15) is 53.2 Å². The zero-order valence-electron chi connectivity index (χ0n) is 21.8. The van der Waals surface area contributed by atoms with Gasteiger partial charge in [0.2, 0.25) is 0 Å². The number of carbonyl (C=O) groups is 2. The first-order chi connectivity index (χ1) is 18.8. The van der Waals surface area contributed by atoms with Crippen molar-refractivity contribution in [3.63, 3.8) is 0 Å². The number of piperidine rings is 1. The van der Waals surface area contributed by atoms with E-state index in [2.05, 4.69) is 39.6 Å². The minimum Gasteiger partial charge on any atom is -0.395 e. The fourth-order valence-corrected chi connectivity index (χ4v) is 5.79. The van der Waals surface area contributed by atoms with Crippen molar-refractivity contribution in [2.24, 2.45) is 0 Å². The van der Waals surface area contributed by atoms with Gasteiger partial charge in [0.25, 0.3) is 11.8 Å². The molecule has 10 nitrogen and oxygen atoms in total. The first kappa shape index (κ1) is 27.3. The van der Waals surface area contributed by atoms with Crippen molar-refractivity contribution < 1.29 is 19.2 Å². The molecule has 0 radical (unpaired) electrons. The smallest absolute Gasteiger partial charge is 0.272 e. The quantitative estimate of drug-likeness (QED) is 0.280. The molecule has 4 heterocycles. The molecule has 1 fully saturated rings. The van der Waals surface area contributed by atoms with E-state index in [0.717, 1.165) is 30.8 Å². The zero-order valence-corrected chi connectivity index (χ0v) is 23.4. The number of nitrogens with zero attached hydrogens (tertiary/aromatic N) is 4. The van der Waals surface area contributed by atoms with E-state index in [-0.39, 0.29) is 43.2 Å². The van der Waals surface area contributed by atoms with Crippen LogP contribution < -0.4 is 10.6 Å². The molecule has 39 heavy (non-hydrogen) atoms. The molecule has 5 rings (SSSR count). The number of aromatic nitrogens is 3. The summed E-state index contributed by atoms with van der Waals surface area (Å²) in [5.74, 6) is -0.00231. The predicted octanol–water partition coefficient (Wildman–Crippen LogP) is 3.78. The SMILES string of the molecule is CC(C)N1CCC(NC(=O)c2nn(Cc3cc(-c4ccc(Cl)s4)on3)c3ccc(C(=O)NCCO)cc23)CC1. The van der Waals surface area contributed by atoms with Crippen molar-refractivity contribution in [2.45, 2.75) is 45.3 Å². The molecule has 0 unspecified atom stereocenters. The van der Waals surface area contributed by atoms with E-state index in [0.29, 0.717) is 38.3 Å². The van der Waals surface area contributed by atoms with Crippen LogP contribution in [-0.4, -0.2) is 75.1 Å². The highest BCUT2D eigenvalue weighted by atomic mass is 35.5. The third-order valence-corrected chi connectivity index (χ3v) is 8.15. The molecule has 0 aliphatic carbocycles. The predicted molar refractivity (Wildman–Crippen MR) is 150 cm³/mol. The van der Waals surface area contributed by atoms with Crippen LogP contribution in [0.5, 0.6) is 0 Å². The van der Waals surface area contributed by atoms with Gasteiger partial charge in [-0.05, 0) is 57.0 Å². The average Bonchev–Trinajstić information content (AvgIpc) is 3.66. The third-order valence-electron chi connectivity index (χ3n) is 6.91. The van der Waals surface area contributed by atoms with Gasteiger partial charge in [0.15, 0.2) is 11.5 Å². The fourth-order valence-electron chi connectivity index (χ4n) is 4.80. The van der Waals surface area contributed by atoms with Crippen molar-refractivity contribution in [1.29, 1.82) is 0 Å². The summed E-state index contributed by atoms with van der Waals surface area (Å²) in [4.78, 5) is 29.3. The number of hydrogen-bond acceptors (Lipinski definition) is 8. The van der Waals surface area contributed by atoms with Crippen LogP contribution in [0.4, 0.5) is 0 Å². The monoisotopic (exact) mass is 570 g/mol. The highest BCUT2D eigenvalue weighted by molar-refractivity contribution is 7.19. The van der Waals surface area contributed by atoms with E-state index >= 15 is 0 Å². The highest BCUT2D eigenvalue weighted by Gasteiger charge is 2.25. The van der Waals surface area contributed by atoms with Gasteiger partial charge in [-0.2, -0.15) is 5.10 Å². The number of carbonyl (C=O) groups excluding carboxylic acids is 2. The number of thiophene rings is 1. The van der Waals surface area contributed by atoms with Crippen LogP contribution in [0.2, 0.25) is 4.34 Å². The second-order valence-corrected chi connectivity index (χ2v) is 11.6. The third kappa shape index (κ3) is 6.17. The molecule has 206 valence electrons. The lowest BCUT2D eigenvalue weighted by Gasteiger charge is -2.34. The van der Waals surface area contributed by atoms with Gasteiger partial charge in [-0.3, -0.25) is 14.3 Å². The van der Waals surface area contributed by atoms with Crippen molar-refractivity contribution in [3.8, 4) is 10.6 Å². The molecule has 4 aromatic rings. The van der Waals surface area contributed by atoms with E-state index in [4.69, 9.17) is 21.2 Å². The molecular formula is C27H31ClN6O4S. The van der Waals surface area contributed by atoms with Gasteiger partial charge in [0, 0.05) is 48.7 Å². The second kappa shape index (κ2) is 11.9. The lowest BCUT2D eigenvalue weighted by Crippen LogP contribution is -2.46. The van der Waals surface area contributed by atoms with Crippen LogP contribution in [0.25, 0.3) is 21.5 Å². The van der Waals surface area contributed by atoms with E-state index < -0.39 is 0 Å². The number of hydrogen-bond donors (Lipinski definition) is 3. The molecule has 12 heteroatoms. The Morgan fingerprint density at radius 1 is 1.18 bits per heavy atom. The van der Waals surface area contributed by atoms with E-state index in [1.807, 2.05) is 12.1 Å². The number of aliphatic hydroxyl groups excluding tert-OH is 1. The summed E-state index contributed by atoms with van der Waals surface area (Å²) >= 11 is 7.46. The molecule has 1 aliphatic rings. The number of aliphatic hydroxyl groups is 1. The number of halogens is 1. The molecule has 0 atom stereocenters. The minimum atomic E-state index is -0.332. The summed E-state index contributed by atoms with van der Waals surface area (Å²) in [5, 5.41) is 24.3. The molecule has 1 aliphatic heterocycles. The standard InChI is InChI=1S/C27H31ClN6O4S/c1-16(2)33-10-7-18(8-11-33)30-27(37)25-20-13-17(26(36)29-9-12-35)3-4-21(20)34(31-25)15-19-14-22(38-32-19)23-5-6-24(28)39-23/h3-6,13-14,16,18,35H,7-12,15H2,1-2H3,(H,29,36)(H,30,37). The van der Waals surface area contributed by atoms with Gasteiger partial charge in [-0.25, -0.2) is 0 Å². The van der Waals surface area contributed by atoms with Gasteiger partial charge in [-0.1, -0.05) is 16.8 Å². The molecule has 2 amide bonds. The van der Waals surface area contributed by atoms with Crippen LogP contribution in [0.15, 0.2) is 40.9 Å². The van der Waals surface area contributed by atoms with Crippen molar-refractivity contribution in [1.82, 2.24) is 30.5 Å². The summed E-state index contributed by atoms with van der Waals surface area (Å²) in [7, 11) is 0. The van der Waals surface area contributed by atoms with Gasteiger partial charge in [-0.15, -0.1) is 11.3 Å². The molecular weight excluding hydrogens is 540 g/mol. The Morgan fingerprint density at radius 2 is 1.97 bits per heavy atom. The van der Waals surface area contributed by atoms with Gasteiger partial charge in [0.1, 0.15) is 5.69 Å². The zero-order chi connectivity index (χ0) is 27.5. The molecule has 0 bridgehead atoms. The Bertz CT molecular complexity index is 1470. The van der Waals surface area contributed by atoms with Crippen molar-refractivity contribution in [2.75, 3.05) is 26.2 Å². The number of nitrogens with one attached hydrogen (secondary N) is 2. The topological polar surface area (TPSA) is 126 Å². The van der Waals surface area contributed by atoms with E-state index in [1.165, 1.54) is 11.3 Å². The second-order valence-electron chi connectivity index (χ2n) is 9.88. The van der Waals surface area contributed by atoms with Gasteiger partial charge in [0.05, 0.1) is 27.9 Å². The largest absolute Gasteiger partial charge is 0.395 e. The number of likely N-dealkylation sites (tertiary alicyclic amines) is 1. The van der Waals surface area contributed by atoms with E-state index in [9.17, 15) is 9.59 Å². The Hall–Kier alpha value is -3.25. The van der Waals surface area contributed by atoms with Crippen LogP contribution in [0.3, 0.4) is 0 Å². The molecule has 3 aromatic heterocycles. The molecule has 1 saturated heterocycles. The summed E-state index contributed by atoms with van der Waals surface area (Å²) < 4.78 is 7.88. The first-order valence-electron chi connectivity index (χ1n) is 13.0. The molecule has 0 saturated carbocycles. The summed E-state index contributed by atoms with van der Waals surface area (Å²) in [6.07, 6.45) is 1.73. The Kier molecular flexibility index (Phi) is 8.31. The van der Waals surface area contributed by atoms with Crippen LogP contribution in [-0.2, 0) is 6.54 Å². The molecule has 3 N–H and O–H groups in total. The average molecular weight is 571 g/mol. The number of rotatable bonds is 9. The van der Waals surface area contributed by atoms with E-state index in [1.54, 1.807) is 28.9 Å². The van der Waals surface area contributed by atoms with Crippen molar-refractivity contribution in [3.05, 3.63) is 57.7 Å². The van der Waals surface area contributed by atoms with Gasteiger partial charge >= 0.3 is 0 Å². The van der Waals surface area contributed by atoms with Crippen LogP contribution in [0, 0.1) is 0 Å². The Labute approximate surface area is 234 Å². The molecule has 0 spiro atoms. The number of fused-ring (bicyclic) bond motifs is 1. The Morgan fingerprint density at radius 3 is 2.67 bits per heavy atom. The lowest BCUT2D eigenvalue weighted by molar-refractivity contribution is 0.0894. The summed E-state index contributed by atoms with van der Waals surface area (Å²) in [6.45, 7) is 6.47. The van der Waals surface area contributed by atoms with Crippen LogP contribution >= 0.6 is 22.9 Å². The van der Waals surface area contributed by atoms with Gasteiger partial charge < -0.3 is 25.2 Å². The fraction of sp³-hybridized carbons (Fsp3) is 0.407. The summed E-state index contributed by atoms with van der Waals surface area (Å²) in [6, 6.07) is 11.2. The highest BCUT2D eigenvalue weighted by Crippen LogP contribution is 2.31. The maximum absolute atomic E-state index is 13.5. The lowest BCUT2D eigenvalue weighted by atomic mass is 10.0. The first-order valence-corrected chi connectivity index (χ1v) is 14.2. The normalized spacial score (nSPS) is 14.8. The Balaban J connectivity index is 1.42. The number of amides is 2. The summed E-state index contributed by atoms with van der Waals surface area (Å²) in [5.41, 5.74) is 1.96. The maximum atomic E-state index is 13.5. The minimum absolute atomic E-state index is 0.0551. The van der Waals surface area contributed by atoms with Crippen molar-refractivity contribution >= 4 is 45.7 Å². The molecule has 1 aromatic carbocycles. The number of benzene rings is 1. The maximum Gasteiger partial charge on any atom is 0.272 e.